The van der Waals surface area contributed by atoms with Crippen molar-refractivity contribution in [1.29, 1.82) is 0 Å². The standard InChI is InChI=1S/C22H25N3O4/c1-15-11-13-25(14-12-15)19-9-7-18(8-10-19)24-21(27)20(26)23-17-5-3-16(4-6-17)22(28)29-2/h3-10,15H,11-14H2,1-2H3,(H,23,26)(H,24,27). The Kier molecular flexibility index (Phi) is 6.49. The average Bonchev–Trinajstić information content (AvgIpc) is 2.75. The molecule has 0 aromatic heterocycles. The van der Waals surface area contributed by atoms with Crippen molar-refractivity contribution in [2.24, 2.45) is 5.92 Å². The number of amides is 2. The topological polar surface area (TPSA) is 87.7 Å². The molecular formula is C22H25N3O4. The van der Waals surface area contributed by atoms with Gasteiger partial charge in [0.15, 0.2) is 0 Å². The fourth-order valence-corrected chi connectivity index (χ4v) is 3.21. The number of benzene rings is 2. The minimum atomic E-state index is -0.787. The third kappa shape index (κ3) is 5.34. The molecule has 3 rings (SSSR count). The molecule has 1 fully saturated rings. The zero-order chi connectivity index (χ0) is 20.8. The number of hydrogen-bond donors (Lipinski definition) is 2. The van der Waals surface area contributed by atoms with Gasteiger partial charge in [0.2, 0.25) is 0 Å². The Morgan fingerprint density at radius 2 is 1.34 bits per heavy atom. The Hall–Kier alpha value is -3.35. The van der Waals surface area contributed by atoms with Crippen LogP contribution in [0, 0.1) is 5.92 Å². The Labute approximate surface area is 170 Å². The van der Waals surface area contributed by atoms with Crippen molar-refractivity contribution in [2.75, 3.05) is 35.7 Å². The lowest BCUT2D eigenvalue weighted by atomic mass is 9.99. The highest BCUT2D eigenvalue weighted by molar-refractivity contribution is 6.43. The molecule has 1 aliphatic heterocycles. The summed E-state index contributed by atoms with van der Waals surface area (Å²) in [5, 5.41) is 5.10. The monoisotopic (exact) mass is 395 g/mol. The fourth-order valence-electron chi connectivity index (χ4n) is 3.21. The van der Waals surface area contributed by atoms with Crippen LogP contribution in [0.1, 0.15) is 30.1 Å². The van der Waals surface area contributed by atoms with Crippen LogP contribution in [0.5, 0.6) is 0 Å². The molecule has 1 heterocycles. The second-order valence-corrected chi connectivity index (χ2v) is 7.19. The van der Waals surface area contributed by atoms with Gasteiger partial charge in [-0.05, 0) is 67.3 Å². The summed E-state index contributed by atoms with van der Waals surface area (Å²) in [6.45, 7) is 4.34. The summed E-state index contributed by atoms with van der Waals surface area (Å²) in [7, 11) is 1.29. The molecule has 0 bridgehead atoms. The first-order valence-electron chi connectivity index (χ1n) is 9.62. The summed E-state index contributed by atoms with van der Waals surface area (Å²) in [6.07, 6.45) is 2.36. The second-order valence-electron chi connectivity index (χ2n) is 7.19. The van der Waals surface area contributed by atoms with Gasteiger partial charge < -0.3 is 20.3 Å². The van der Waals surface area contributed by atoms with E-state index in [-0.39, 0.29) is 0 Å². The van der Waals surface area contributed by atoms with Crippen molar-refractivity contribution < 1.29 is 19.1 Å². The lowest BCUT2D eigenvalue weighted by Gasteiger charge is -2.32. The summed E-state index contributed by atoms with van der Waals surface area (Å²) in [4.78, 5) is 38.0. The number of carbonyl (C=O) groups is 3. The molecule has 0 aliphatic carbocycles. The Morgan fingerprint density at radius 1 is 0.862 bits per heavy atom. The van der Waals surface area contributed by atoms with Gasteiger partial charge >= 0.3 is 17.8 Å². The molecule has 1 saturated heterocycles. The molecule has 7 heteroatoms. The van der Waals surface area contributed by atoms with Crippen LogP contribution in [0.4, 0.5) is 17.1 Å². The molecule has 2 aromatic rings. The highest BCUT2D eigenvalue weighted by Gasteiger charge is 2.17. The van der Waals surface area contributed by atoms with E-state index in [2.05, 4.69) is 27.2 Å². The van der Waals surface area contributed by atoms with E-state index < -0.39 is 17.8 Å². The van der Waals surface area contributed by atoms with Crippen molar-refractivity contribution in [3.05, 3.63) is 54.1 Å². The maximum absolute atomic E-state index is 12.2. The number of ether oxygens (including phenoxy) is 1. The van der Waals surface area contributed by atoms with Crippen molar-refractivity contribution in [1.82, 2.24) is 0 Å². The Morgan fingerprint density at radius 3 is 1.83 bits per heavy atom. The Bertz CT molecular complexity index is 870. The Balaban J connectivity index is 1.54. The van der Waals surface area contributed by atoms with Crippen LogP contribution in [0.15, 0.2) is 48.5 Å². The van der Waals surface area contributed by atoms with Gasteiger partial charge in [-0.3, -0.25) is 9.59 Å². The first-order valence-corrected chi connectivity index (χ1v) is 9.62. The largest absolute Gasteiger partial charge is 0.465 e. The van der Waals surface area contributed by atoms with E-state index in [0.29, 0.717) is 16.9 Å². The van der Waals surface area contributed by atoms with E-state index in [1.54, 1.807) is 12.1 Å². The number of rotatable bonds is 4. The molecule has 152 valence electrons. The van der Waals surface area contributed by atoms with E-state index >= 15 is 0 Å². The third-order valence-corrected chi connectivity index (χ3v) is 5.04. The summed E-state index contributed by atoms with van der Waals surface area (Å²) in [5.41, 5.74) is 2.44. The maximum atomic E-state index is 12.2. The van der Waals surface area contributed by atoms with Crippen LogP contribution in [0.2, 0.25) is 0 Å². The van der Waals surface area contributed by atoms with Crippen molar-refractivity contribution in [3.8, 4) is 0 Å². The number of piperidine rings is 1. The van der Waals surface area contributed by atoms with Gasteiger partial charge in [0, 0.05) is 30.2 Å². The molecule has 1 aliphatic rings. The fraction of sp³-hybridized carbons (Fsp3) is 0.318. The quantitative estimate of drug-likeness (QED) is 0.613. The molecule has 0 spiro atoms. The van der Waals surface area contributed by atoms with Crippen LogP contribution >= 0.6 is 0 Å². The first kappa shape index (κ1) is 20.4. The molecule has 7 nitrogen and oxygen atoms in total. The van der Waals surface area contributed by atoms with Crippen LogP contribution < -0.4 is 15.5 Å². The average molecular weight is 395 g/mol. The number of nitrogens with zero attached hydrogens (tertiary/aromatic N) is 1. The first-order chi connectivity index (χ1) is 14.0. The summed E-state index contributed by atoms with van der Waals surface area (Å²) in [6, 6.07) is 13.6. The van der Waals surface area contributed by atoms with Gasteiger partial charge in [0.1, 0.15) is 0 Å². The van der Waals surface area contributed by atoms with Crippen LogP contribution in [-0.2, 0) is 14.3 Å². The van der Waals surface area contributed by atoms with Crippen LogP contribution in [0.25, 0.3) is 0 Å². The molecule has 29 heavy (non-hydrogen) atoms. The van der Waals surface area contributed by atoms with E-state index in [0.717, 1.165) is 24.7 Å². The van der Waals surface area contributed by atoms with E-state index in [1.807, 2.05) is 12.1 Å². The minimum absolute atomic E-state index is 0.359. The lowest BCUT2D eigenvalue weighted by molar-refractivity contribution is -0.132. The number of nitrogens with one attached hydrogen (secondary N) is 2. The number of hydrogen-bond acceptors (Lipinski definition) is 5. The van der Waals surface area contributed by atoms with Gasteiger partial charge in [-0.25, -0.2) is 4.79 Å². The third-order valence-electron chi connectivity index (χ3n) is 5.04. The molecule has 2 aromatic carbocycles. The highest BCUT2D eigenvalue weighted by Crippen LogP contribution is 2.24. The van der Waals surface area contributed by atoms with Crippen molar-refractivity contribution >= 4 is 34.8 Å². The summed E-state index contributed by atoms with van der Waals surface area (Å²) >= 11 is 0. The number of methoxy groups -OCH3 is 1. The predicted molar refractivity (Wildman–Crippen MR) is 112 cm³/mol. The molecule has 0 saturated carbocycles. The van der Waals surface area contributed by atoms with Gasteiger partial charge in [0.05, 0.1) is 12.7 Å². The SMILES string of the molecule is COC(=O)c1ccc(NC(=O)C(=O)Nc2ccc(N3CCC(C)CC3)cc2)cc1. The highest BCUT2D eigenvalue weighted by atomic mass is 16.5. The molecule has 2 N–H and O–H groups in total. The van der Waals surface area contributed by atoms with Crippen LogP contribution in [-0.4, -0.2) is 38.0 Å². The normalized spacial score (nSPS) is 14.2. The van der Waals surface area contributed by atoms with Gasteiger partial charge in [-0.1, -0.05) is 6.92 Å². The van der Waals surface area contributed by atoms with Gasteiger partial charge in [-0.15, -0.1) is 0 Å². The minimum Gasteiger partial charge on any atom is -0.465 e. The molecule has 0 unspecified atom stereocenters. The maximum Gasteiger partial charge on any atom is 0.337 e. The molecule has 2 amide bonds. The lowest BCUT2D eigenvalue weighted by Crippen LogP contribution is -2.32. The number of esters is 1. The number of anilines is 3. The zero-order valence-corrected chi connectivity index (χ0v) is 16.6. The van der Waals surface area contributed by atoms with Crippen LogP contribution in [0.3, 0.4) is 0 Å². The van der Waals surface area contributed by atoms with E-state index in [9.17, 15) is 14.4 Å². The van der Waals surface area contributed by atoms with Crippen molar-refractivity contribution in [3.63, 3.8) is 0 Å². The van der Waals surface area contributed by atoms with Gasteiger partial charge in [-0.2, -0.15) is 0 Å². The van der Waals surface area contributed by atoms with Gasteiger partial charge in [0.25, 0.3) is 0 Å². The summed E-state index contributed by atoms with van der Waals surface area (Å²) in [5.74, 6) is -1.25. The second kappa shape index (κ2) is 9.23. The molecule has 0 atom stereocenters. The molecule has 0 radical (unpaired) electrons. The van der Waals surface area contributed by atoms with E-state index in [1.165, 1.54) is 44.2 Å². The zero-order valence-electron chi connectivity index (χ0n) is 16.6. The smallest absolute Gasteiger partial charge is 0.337 e. The van der Waals surface area contributed by atoms with E-state index in [4.69, 9.17) is 0 Å². The molecular weight excluding hydrogens is 370 g/mol. The predicted octanol–water partition coefficient (Wildman–Crippen LogP) is 3.29. The van der Waals surface area contributed by atoms with Crippen molar-refractivity contribution in [2.45, 2.75) is 19.8 Å². The summed E-state index contributed by atoms with van der Waals surface area (Å²) < 4.78 is 4.62. The number of carbonyl (C=O) groups excluding carboxylic acids is 3.